The summed E-state index contributed by atoms with van der Waals surface area (Å²) in [5.41, 5.74) is 2.77. The Morgan fingerprint density at radius 3 is 2.65 bits per heavy atom. The predicted octanol–water partition coefficient (Wildman–Crippen LogP) is 4.14. The highest BCUT2D eigenvalue weighted by atomic mass is 79.9. The van der Waals surface area contributed by atoms with Gasteiger partial charge in [0.2, 0.25) is 5.88 Å². The van der Waals surface area contributed by atoms with E-state index in [0.717, 1.165) is 21.4 Å². The van der Waals surface area contributed by atoms with Crippen LogP contribution in [0.1, 0.15) is 5.56 Å². The van der Waals surface area contributed by atoms with Crippen molar-refractivity contribution in [3.63, 3.8) is 0 Å². The molecule has 0 aliphatic carbocycles. The second-order valence-corrected chi connectivity index (χ2v) is 6.59. The van der Waals surface area contributed by atoms with E-state index in [2.05, 4.69) is 35.9 Å². The van der Waals surface area contributed by atoms with Gasteiger partial charge in [0.25, 0.3) is 5.56 Å². The van der Waals surface area contributed by atoms with Crippen molar-refractivity contribution in [3.8, 4) is 17.1 Å². The van der Waals surface area contributed by atoms with Crippen LogP contribution in [0.25, 0.3) is 22.0 Å². The first-order chi connectivity index (χ1) is 12.6. The van der Waals surface area contributed by atoms with Gasteiger partial charge < -0.3 is 10.1 Å². The first kappa shape index (κ1) is 16.3. The first-order valence-corrected chi connectivity index (χ1v) is 8.58. The van der Waals surface area contributed by atoms with E-state index in [-0.39, 0.29) is 11.4 Å². The van der Waals surface area contributed by atoms with Crippen molar-refractivity contribution in [2.24, 2.45) is 4.99 Å². The summed E-state index contributed by atoms with van der Waals surface area (Å²) >= 11 is 3.39. The molecule has 7 heteroatoms. The van der Waals surface area contributed by atoms with Gasteiger partial charge in [0.15, 0.2) is 0 Å². The highest BCUT2D eigenvalue weighted by Gasteiger charge is 2.09. The number of aromatic hydroxyl groups is 1. The standard InChI is InChI=1S/C19H13BrN4O2/c20-12-3-6-14-15(7-12)16(19(26)24-18(14)25)8-22-13-4-1-11(2-5-13)17-9-21-10-23-17/h1-10H,(H,21,23)(H2,24,25,26). The number of benzene rings is 2. The molecule has 2 heterocycles. The van der Waals surface area contributed by atoms with Gasteiger partial charge in [-0.15, -0.1) is 0 Å². The molecule has 0 fully saturated rings. The zero-order valence-corrected chi connectivity index (χ0v) is 15.0. The van der Waals surface area contributed by atoms with Crippen LogP contribution < -0.4 is 5.56 Å². The topological polar surface area (TPSA) is 94.1 Å². The maximum absolute atomic E-state index is 12.0. The van der Waals surface area contributed by atoms with Crippen LogP contribution in [-0.4, -0.2) is 26.3 Å². The van der Waals surface area contributed by atoms with E-state index in [1.807, 2.05) is 24.3 Å². The van der Waals surface area contributed by atoms with Crippen LogP contribution in [0.2, 0.25) is 0 Å². The molecule has 26 heavy (non-hydrogen) atoms. The fourth-order valence-corrected chi connectivity index (χ4v) is 3.08. The lowest BCUT2D eigenvalue weighted by Gasteiger charge is -2.05. The van der Waals surface area contributed by atoms with Gasteiger partial charge in [-0.1, -0.05) is 28.1 Å². The van der Waals surface area contributed by atoms with Crippen molar-refractivity contribution in [1.29, 1.82) is 0 Å². The van der Waals surface area contributed by atoms with E-state index in [1.54, 1.807) is 36.9 Å². The molecule has 0 saturated heterocycles. The molecule has 0 amide bonds. The maximum atomic E-state index is 12.0. The highest BCUT2D eigenvalue weighted by Crippen LogP contribution is 2.25. The van der Waals surface area contributed by atoms with E-state index in [0.29, 0.717) is 16.3 Å². The summed E-state index contributed by atoms with van der Waals surface area (Å²) in [6.45, 7) is 0. The van der Waals surface area contributed by atoms with Gasteiger partial charge in [-0.05, 0) is 35.9 Å². The van der Waals surface area contributed by atoms with E-state index < -0.39 is 0 Å². The summed E-state index contributed by atoms with van der Waals surface area (Å²) in [6.07, 6.45) is 4.93. The van der Waals surface area contributed by atoms with E-state index >= 15 is 0 Å². The molecule has 3 N–H and O–H groups in total. The summed E-state index contributed by atoms with van der Waals surface area (Å²) in [4.78, 5) is 25.9. The second kappa shape index (κ2) is 6.61. The number of imidazole rings is 1. The van der Waals surface area contributed by atoms with Gasteiger partial charge in [-0.25, -0.2) is 4.98 Å². The number of H-pyrrole nitrogens is 2. The zero-order valence-electron chi connectivity index (χ0n) is 13.4. The van der Waals surface area contributed by atoms with Crippen LogP contribution in [0.5, 0.6) is 5.88 Å². The average Bonchev–Trinajstić information content (AvgIpc) is 3.16. The molecule has 0 aliphatic heterocycles. The molecule has 2 aromatic heterocycles. The second-order valence-electron chi connectivity index (χ2n) is 5.68. The Morgan fingerprint density at radius 2 is 1.92 bits per heavy atom. The minimum atomic E-state index is -0.342. The van der Waals surface area contributed by atoms with Crippen molar-refractivity contribution in [2.75, 3.05) is 0 Å². The van der Waals surface area contributed by atoms with Crippen LogP contribution in [0.15, 0.2) is 69.2 Å². The minimum absolute atomic E-state index is 0.210. The lowest BCUT2D eigenvalue weighted by molar-refractivity contribution is 0.452. The number of rotatable bonds is 3. The van der Waals surface area contributed by atoms with Crippen molar-refractivity contribution < 1.29 is 5.11 Å². The zero-order chi connectivity index (χ0) is 18.1. The Labute approximate surface area is 156 Å². The van der Waals surface area contributed by atoms with Gasteiger partial charge in [0, 0.05) is 21.5 Å². The fraction of sp³-hybridized carbons (Fsp3) is 0. The molecule has 0 unspecified atom stereocenters. The Kier molecular flexibility index (Phi) is 4.14. The number of fused-ring (bicyclic) bond motifs is 1. The largest absolute Gasteiger partial charge is 0.494 e. The summed E-state index contributed by atoms with van der Waals surface area (Å²) in [5.74, 6) is -0.210. The lowest BCUT2D eigenvalue weighted by Crippen LogP contribution is -2.08. The summed E-state index contributed by atoms with van der Waals surface area (Å²) < 4.78 is 0.813. The number of aliphatic imine (C=N–C) groups is 1. The predicted molar refractivity (Wildman–Crippen MR) is 105 cm³/mol. The fourth-order valence-electron chi connectivity index (χ4n) is 2.72. The van der Waals surface area contributed by atoms with E-state index in [9.17, 15) is 9.90 Å². The minimum Gasteiger partial charge on any atom is -0.494 e. The van der Waals surface area contributed by atoms with Crippen molar-refractivity contribution in [2.45, 2.75) is 0 Å². The Morgan fingerprint density at radius 1 is 1.12 bits per heavy atom. The molecule has 0 aliphatic rings. The smallest absolute Gasteiger partial charge is 0.258 e. The molecule has 0 atom stereocenters. The summed E-state index contributed by atoms with van der Waals surface area (Å²) in [7, 11) is 0. The number of hydrogen-bond acceptors (Lipinski definition) is 4. The number of aromatic nitrogens is 3. The molecule has 0 spiro atoms. The monoisotopic (exact) mass is 408 g/mol. The Hall–Kier alpha value is -3.19. The van der Waals surface area contributed by atoms with Crippen LogP contribution in [0.3, 0.4) is 0 Å². The third kappa shape index (κ3) is 3.04. The molecule has 2 aromatic carbocycles. The van der Waals surface area contributed by atoms with Gasteiger partial charge in [-0.3, -0.25) is 14.8 Å². The quantitative estimate of drug-likeness (QED) is 0.444. The number of nitrogens with zero attached hydrogens (tertiary/aromatic N) is 2. The summed E-state index contributed by atoms with van der Waals surface area (Å²) in [6, 6.07) is 12.9. The molecule has 0 radical (unpaired) electrons. The Bertz CT molecular complexity index is 1160. The molecule has 4 rings (SSSR count). The molecular formula is C19H13BrN4O2. The molecule has 128 valence electrons. The van der Waals surface area contributed by atoms with Gasteiger partial charge in [0.05, 0.1) is 29.5 Å². The molecule has 4 aromatic rings. The maximum Gasteiger partial charge on any atom is 0.258 e. The molecule has 0 bridgehead atoms. The number of halogens is 1. The number of aromatic amines is 2. The number of pyridine rings is 1. The SMILES string of the molecule is O=c1[nH]c(O)c(C=Nc2ccc(-c3cnc[nH]3)cc2)c2cc(Br)ccc12. The van der Waals surface area contributed by atoms with Crippen molar-refractivity contribution in [1.82, 2.24) is 15.0 Å². The van der Waals surface area contributed by atoms with Gasteiger partial charge in [-0.2, -0.15) is 0 Å². The van der Waals surface area contributed by atoms with Crippen LogP contribution in [0, 0.1) is 0 Å². The highest BCUT2D eigenvalue weighted by molar-refractivity contribution is 9.10. The van der Waals surface area contributed by atoms with Crippen LogP contribution in [0.4, 0.5) is 5.69 Å². The number of hydrogen-bond donors (Lipinski definition) is 3. The van der Waals surface area contributed by atoms with E-state index in [4.69, 9.17) is 0 Å². The summed E-state index contributed by atoms with van der Waals surface area (Å²) in [5, 5.41) is 11.3. The molecule has 0 saturated carbocycles. The molecule has 6 nitrogen and oxygen atoms in total. The van der Waals surface area contributed by atoms with E-state index in [1.165, 1.54) is 0 Å². The first-order valence-electron chi connectivity index (χ1n) is 7.79. The lowest BCUT2D eigenvalue weighted by atomic mass is 10.1. The normalized spacial score (nSPS) is 11.4. The molecular weight excluding hydrogens is 396 g/mol. The third-order valence-electron chi connectivity index (χ3n) is 4.02. The van der Waals surface area contributed by atoms with Crippen molar-refractivity contribution >= 4 is 38.6 Å². The Balaban J connectivity index is 1.73. The van der Waals surface area contributed by atoms with Gasteiger partial charge in [0.1, 0.15) is 0 Å². The van der Waals surface area contributed by atoms with Crippen LogP contribution in [-0.2, 0) is 0 Å². The van der Waals surface area contributed by atoms with Gasteiger partial charge >= 0.3 is 0 Å². The average molecular weight is 409 g/mol. The third-order valence-corrected chi connectivity index (χ3v) is 4.52. The van der Waals surface area contributed by atoms with Crippen molar-refractivity contribution in [3.05, 3.63) is 75.4 Å². The van der Waals surface area contributed by atoms with Crippen LogP contribution >= 0.6 is 15.9 Å². The number of nitrogens with one attached hydrogen (secondary N) is 2.